The van der Waals surface area contributed by atoms with E-state index in [2.05, 4.69) is 4.98 Å². The van der Waals surface area contributed by atoms with Crippen LogP contribution in [0.4, 0.5) is 10.1 Å². The number of nitrogens with zero attached hydrogens (tertiary/aromatic N) is 1. The summed E-state index contributed by atoms with van der Waals surface area (Å²) in [5, 5.41) is 0. The predicted octanol–water partition coefficient (Wildman–Crippen LogP) is 2.42. The number of nitrogen functional groups attached to an aromatic ring is 1. The molecule has 0 amide bonds. The Bertz CT molecular complexity index is 601. The fourth-order valence-electron chi connectivity index (χ4n) is 1.65. The lowest BCUT2D eigenvalue weighted by Crippen LogP contribution is -2.02. The first-order chi connectivity index (χ1) is 8.56. The molecule has 2 N–H and O–H groups in total. The van der Waals surface area contributed by atoms with Crippen molar-refractivity contribution in [1.82, 2.24) is 4.98 Å². The van der Waals surface area contributed by atoms with Crippen molar-refractivity contribution >= 4 is 16.5 Å². The number of nitrogens with two attached hydrogens (primary N) is 1. The number of pyridine rings is 1. The fraction of sp³-hybridized carbons (Fsp3) is 0.154. The molecule has 94 valence electrons. The molecule has 1 aromatic heterocycles. The van der Waals surface area contributed by atoms with E-state index in [0.717, 1.165) is 11.1 Å². The smallest absolute Gasteiger partial charge is 0.125 e. The first kappa shape index (κ1) is 12.7. The van der Waals surface area contributed by atoms with Gasteiger partial charge in [-0.25, -0.2) is 4.39 Å². The Morgan fingerprint density at radius 1 is 1.33 bits per heavy atom. The molecule has 0 aliphatic heterocycles. The maximum Gasteiger partial charge on any atom is 0.125 e. The molecule has 2 aromatic rings. The Kier molecular flexibility index (Phi) is 3.72. The minimum absolute atomic E-state index is 0.217. The van der Waals surface area contributed by atoms with Gasteiger partial charge in [0.25, 0.3) is 0 Å². The number of aromatic nitrogens is 1. The van der Waals surface area contributed by atoms with Crippen molar-refractivity contribution in [2.24, 2.45) is 0 Å². The van der Waals surface area contributed by atoms with Crippen LogP contribution in [0.25, 0.3) is 0 Å². The first-order valence-electron chi connectivity index (χ1n) is 5.40. The Morgan fingerprint density at radius 3 is 2.78 bits per heavy atom. The zero-order valence-electron chi connectivity index (χ0n) is 9.89. The third-order valence-corrected chi connectivity index (χ3v) is 3.90. The lowest BCUT2D eigenvalue weighted by atomic mass is 10.2. The molecule has 1 heterocycles. The molecule has 0 aliphatic rings. The van der Waals surface area contributed by atoms with Gasteiger partial charge in [0.2, 0.25) is 0 Å². The summed E-state index contributed by atoms with van der Waals surface area (Å²) in [7, 11) is -1.29. The Balaban J connectivity index is 2.22. The second kappa shape index (κ2) is 5.27. The molecule has 0 fully saturated rings. The standard InChI is InChI=1S/C13H13FN2OS/c1-9-4-10(7-16-6-9)8-18(17)13-3-2-11(14)5-12(13)15/h2-7H,8,15H2,1H3. The molecular weight excluding hydrogens is 251 g/mol. The molecular formula is C13H13FN2OS. The van der Waals surface area contributed by atoms with Crippen LogP contribution in [0.5, 0.6) is 0 Å². The fourth-order valence-corrected chi connectivity index (χ4v) is 2.81. The number of halogens is 1. The Morgan fingerprint density at radius 2 is 2.11 bits per heavy atom. The van der Waals surface area contributed by atoms with Crippen LogP contribution in [0.1, 0.15) is 11.1 Å². The molecule has 18 heavy (non-hydrogen) atoms. The molecule has 2 rings (SSSR count). The average molecular weight is 264 g/mol. The first-order valence-corrected chi connectivity index (χ1v) is 6.72. The third kappa shape index (κ3) is 2.92. The van der Waals surface area contributed by atoms with Gasteiger partial charge >= 0.3 is 0 Å². The minimum Gasteiger partial charge on any atom is -0.398 e. The summed E-state index contributed by atoms with van der Waals surface area (Å²) in [5.41, 5.74) is 7.76. The molecule has 0 radical (unpaired) electrons. The van der Waals surface area contributed by atoms with E-state index in [1.165, 1.54) is 18.2 Å². The van der Waals surface area contributed by atoms with Crippen LogP contribution in [-0.2, 0) is 16.6 Å². The number of hydrogen-bond acceptors (Lipinski definition) is 3. The van der Waals surface area contributed by atoms with Crippen LogP contribution < -0.4 is 5.73 Å². The van der Waals surface area contributed by atoms with E-state index in [0.29, 0.717) is 10.6 Å². The SMILES string of the molecule is Cc1cncc(CS(=O)c2ccc(F)cc2N)c1. The summed E-state index contributed by atoms with van der Waals surface area (Å²) < 4.78 is 25.0. The number of aryl methyl sites for hydroxylation is 1. The van der Waals surface area contributed by atoms with E-state index >= 15 is 0 Å². The van der Waals surface area contributed by atoms with Crippen LogP contribution in [0.3, 0.4) is 0 Å². The molecule has 0 bridgehead atoms. The van der Waals surface area contributed by atoms with E-state index in [4.69, 9.17) is 5.73 Å². The van der Waals surface area contributed by atoms with E-state index in [1.807, 2.05) is 13.0 Å². The summed E-state index contributed by atoms with van der Waals surface area (Å²) in [6, 6.07) is 5.83. The summed E-state index contributed by atoms with van der Waals surface area (Å²) in [6.07, 6.45) is 3.41. The van der Waals surface area contributed by atoms with Crippen LogP contribution >= 0.6 is 0 Å². The van der Waals surface area contributed by atoms with Gasteiger partial charge in [-0.3, -0.25) is 9.19 Å². The van der Waals surface area contributed by atoms with E-state index < -0.39 is 16.6 Å². The molecule has 5 heteroatoms. The quantitative estimate of drug-likeness (QED) is 0.866. The zero-order chi connectivity index (χ0) is 13.1. The maximum atomic E-state index is 12.9. The lowest BCUT2D eigenvalue weighted by Gasteiger charge is -2.06. The van der Waals surface area contributed by atoms with E-state index in [9.17, 15) is 8.60 Å². The van der Waals surface area contributed by atoms with Crippen molar-refractivity contribution in [1.29, 1.82) is 0 Å². The van der Waals surface area contributed by atoms with Gasteiger partial charge in [-0.2, -0.15) is 0 Å². The molecule has 3 nitrogen and oxygen atoms in total. The summed E-state index contributed by atoms with van der Waals surface area (Å²) in [6.45, 7) is 1.92. The second-order valence-electron chi connectivity index (χ2n) is 4.04. The molecule has 1 aromatic carbocycles. The van der Waals surface area contributed by atoms with Gasteiger partial charge in [-0.1, -0.05) is 6.07 Å². The highest BCUT2D eigenvalue weighted by Gasteiger charge is 2.10. The zero-order valence-corrected chi connectivity index (χ0v) is 10.7. The maximum absolute atomic E-state index is 12.9. The van der Waals surface area contributed by atoms with Crippen molar-refractivity contribution in [3.05, 3.63) is 53.6 Å². The molecule has 1 unspecified atom stereocenters. The minimum atomic E-state index is -1.29. The molecule has 0 saturated carbocycles. The van der Waals surface area contributed by atoms with Crippen molar-refractivity contribution in [2.75, 3.05) is 5.73 Å². The summed E-state index contributed by atoms with van der Waals surface area (Å²) in [5.74, 6) is -0.102. The largest absolute Gasteiger partial charge is 0.398 e. The molecule has 0 spiro atoms. The lowest BCUT2D eigenvalue weighted by molar-refractivity contribution is 0.627. The average Bonchev–Trinajstić information content (AvgIpc) is 2.28. The Labute approximate surface area is 107 Å². The monoisotopic (exact) mass is 264 g/mol. The van der Waals surface area contributed by atoms with Gasteiger partial charge in [0.05, 0.1) is 27.1 Å². The van der Waals surface area contributed by atoms with Crippen LogP contribution in [0.15, 0.2) is 41.6 Å². The predicted molar refractivity (Wildman–Crippen MR) is 69.9 cm³/mol. The van der Waals surface area contributed by atoms with E-state index in [1.54, 1.807) is 12.4 Å². The highest BCUT2D eigenvalue weighted by atomic mass is 32.2. The van der Waals surface area contributed by atoms with Crippen molar-refractivity contribution in [3.63, 3.8) is 0 Å². The van der Waals surface area contributed by atoms with Crippen molar-refractivity contribution in [2.45, 2.75) is 17.6 Å². The number of rotatable bonds is 3. The summed E-state index contributed by atoms with van der Waals surface area (Å²) >= 11 is 0. The molecule has 1 atom stereocenters. The normalized spacial score (nSPS) is 12.3. The number of hydrogen-bond donors (Lipinski definition) is 1. The van der Waals surface area contributed by atoms with Crippen LogP contribution in [0.2, 0.25) is 0 Å². The Hall–Kier alpha value is -1.75. The highest BCUT2D eigenvalue weighted by Crippen LogP contribution is 2.20. The van der Waals surface area contributed by atoms with Gasteiger partial charge in [0, 0.05) is 12.4 Å². The van der Waals surface area contributed by atoms with Crippen molar-refractivity contribution < 1.29 is 8.60 Å². The highest BCUT2D eigenvalue weighted by molar-refractivity contribution is 7.84. The van der Waals surface area contributed by atoms with Gasteiger partial charge in [-0.05, 0) is 36.2 Å². The van der Waals surface area contributed by atoms with Gasteiger partial charge < -0.3 is 5.73 Å². The number of benzene rings is 1. The van der Waals surface area contributed by atoms with Crippen LogP contribution in [-0.4, -0.2) is 9.19 Å². The van der Waals surface area contributed by atoms with Gasteiger partial charge in [-0.15, -0.1) is 0 Å². The van der Waals surface area contributed by atoms with E-state index in [-0.39, 0.29) is 5.69 Å². The van der Waals surface area contributed by atoms with Crippen molar-refractivity contribution in [3.8, 4) is 0 Å². The van der Waals surface area contributed by atoms with Crippen LogP contribution in [0, 0.1) is 12.7 Å². The van der Waals surface area contributed by atoms with Gasteiger partial charge in [0.1, 0.15) is 5.82 Å². The molecule has 0 aliphatic carbocycles. The number of anilines is 1. The topological polar surface area (TPSA) is 56.0 Å². The van der Waals surface area contributed by atoms with Gasteiger partial charge in [0.15, 0.2) is 0 Å². The summed E-state index contributed by atoms with van der Waals surface area (Å²) in [4.78, 5) is 4.50. The third-order valence-electron chi connectivity index (χ3n) is 2.45. The molecule has 0 saturated heterocycles. The second-order valence-corrected chi connectivity index (χ2v) is 5.46.